The molecule has 0 unspecified atom stereocenters. The second-order valence-electron chi connectivity index (χ2n) is 4.04. The molecule has 0 aliphatic rings. The Bertz CT molecular complexity index is 565. The largest absolute Gasteiger partial charge is 0.497 e. The van der Waals surface area contributed by atoms with Gasteiger partial charge >= 0.3 is 5.97 Å². The van der Waals surface area contributed by atoms with E-state index in [4.69, 9.17) is 9.47 Å². The van der Waals surface area contributed by atoms with Crippen LogP contribution in [0.4, 0.5) is 0 Å². The van der Waals surface area contributed by atoms with Gasteiger partial charge in [-0.1, -0.05) is 12.1 Å². The minimum Gasteiger partial charge on any atom is -0.497 e. The van der Waals surface area contributed by atoms with Crippen molar-refractivity contribution in [2.75, 3.05) is 13.7 Å². The number of carbonyl (C=O) groups is 1. The van der Waals surface area contributed by atoms with Crippen molar-refractivity contribution in [1.29, 1.82) is 0 Å². The number of nitrogens with zero attached hydrogens (tertiary/aromatic N) is 4. The molecule has 1 heterocycles. The van der Waals surface area contributed by atoms with Crippen LogP contribution in [0.2, 0.25) is 0 Å². The molecule has 7 heteroatoms. The van der Waals surface area contributed by atoms with Crippen LogP contribution in [-0.2, 0) is 17.7 Å². The van der Waals surface area contributed by atoms with Gasteiger partial charge in [0.1, 0.15) is 5.75 Å². The average molecular weight is 276 g/mol. The minimum atomic E-state index is -0.507. The van der Waals surface area contributed by atoms with Crippen molar-refractivity contribution in [3.63, 3.8) is 0 Å². The highest BCUT2D eigenvalue weighted by atomic mass is 16.5. The lowest BCUT2D eigenvalue weighted by Gasteiger charge is -2.05. The molecule has 106 valence electrons. The Labute approximate surface area is 116 Å². The monoisotopic (exact) mass is 276 g/mol. The molecule has 0 spiro atoms. The standard InChI is InChI=1S/C13H16N4O3/c1-3-20-13(18)12-14-15-16-17(12)9-8-10-4-6-11(19-2)7-5-10/h4-7H,3,8-9H2,1-2H3. The van der Waals surface area contributed by atoms with Gasteiger partial charge in [-0.05, 0) is 41.5 Å². The summed E-state index contributed by atoms with van der Waals surface area (Å²) in [6.45, 7) is 2.54. The molecule has 1 aromatic heterocycles. The summed E-state index contributed by atoms with van der Waals surface area (Å²) in [5, 5.41) is 11.0. The van der Waals surface area contributed by atoms with Crippen LogP contribution >= 0.6 is 0 Å². The van der Waals surface area contributed by atoms with E-state index >= 15 is 0 Å². The molecule has 0 saturated heterocycles. The molecule has 2 rings (SSSR count). The Morgan fingerprint density at radius 2 is 2.05 bits per heavy atom. The highest BCUT2D eigenvalue weighted by Gasteiger charge is 2.16. The van der Waals surface area contributed by atoms with Gasteiger partial charge in [-0.2, -0.15) is 0 Å². The van der Waals surface area contributed by atoms with E-state index in [2.05, 4.69) is 15.5 Å². The molecule has 0 bridgehead atoms. The van der Waals surface area contributed by atoms with E-state index in [1.54, 1.807) is 14.0 Å². The predicted octanol–water partition coefficient (Wildman–Crippen LogP) is 1.10. The number of hydrogen-bond acceptors (Lipinski definition) is 6. The molecule has 1 aromatic carbocycles. The third kappa shape index (κ3) is 3.31. The maximum absolute atomic E-state index is 11.6. The van der Waals surface area contributed by atoms with Crippen molar-refractivity contribution >= 4 is 5.97 Å². The van der Waals surface area contributed by atoms with Crippen molar-refractivity contribution in [3.05, 3.63) is 35.7 Å². The summed E-state index contributed by atoms with van der Waals surface area (Å²) < 4.78 is 11.4. The van der Waals surface area contributed by atoms with Crippen molar-refractivity contribution in [1.82, 2.24) is 20.2 Å². The van der Waals surface area contributed by atoms with Gasteiger partial charge in [-0.25, -0.2) is 9.48 Å². The summed E-state index contributed by atoms with van der Waals surface area (Å²) in [4.78, 5) is 11.6. The first kappa shape index (κ1) is 14.0. The second kappa shape index (κ2) is 6.65. The SMILES string of the molecule is CCOC(=O)c1nnnn1CCc1ccc(OC)cc1. The van der Waals surface area contributed by atoms with E-state index in [-0.39, 0.29) is 5.82 Å². The van der Waals surface area contributed by atoms with E-state index in [0.29, 0.717) is 19.6 Å². The summed E-state index contributed by atoms with van der Waals surface area (Å²) in [5.41, 5.74) is 1.11. The van der Waals surface area contributed by atoms with Crippen molar-refractivity contribution in [3.8, 4) is 5.75 Å². The lowest BCUT2D eigenvalue weighted by molar-refractivity contribution is 0.0504. The summed E-state index contributed by atoms with van der Waals surface area (Å²) in [7, 11) is 1.63. The fourth-order valence-electron chi connectivity index (χ4n) is 1.72. The van der Waals surface area contributed by atoms with Crippen molar-refractivity contribution in [2.45, 2.75) is 19.9 Å². The maximum atomic E-state index is 11.6. The molecule has 20 heavy (non-hydrogen) atoms. The Hall–Kier alpha value is -2.44. The molecule has 0 aliphatic heterocycles. The molecule has 0 N–H and O–H groups in total. The van der Waals surface area contributed by atoms with Crippen LogP contribution in [0.5, 0.6) is 5.75 Å². The second-order valence-corrected chi connectivity index (χ2v) is 4.04. The van der Waals surface area contributed by atoms with Crippen molar-refractivity contribution in [2.24, 2.45) is 0 Å². The number of aromatic nitrogens is 4. The summed E-state index contributed by atoms with van der Waals surface area (Å²) >= 11 is 0. The van der Waals surface area contributed by atoms with Crippen LogP contribution in [0, 0.1) is 0 Å². The molecule has 0 atom stereocenters. The summed E-state index contributed by atoms with van der Waals surface area (Å²) in [5.74, 6) is 0.427. The number of hydrogen-bond donors (Lipinski definition) is 0. The molecule has 0 fully saturated rings. The Kier molecular flexibility index (Phi) is 4.65. The Morgan fingerprint density at radius 1 is 1.30 bits per heavy atom. The van der Waals surface area contributed by atoms with Gasteiger partial charge in [0, 0.05) is 6.54 Å². The zero-order valence-corrected chi connectivity index (χ0v) is 11.4. The first-order valence-corrected chi connectivity index (χ1v) is 6.30. The van der Waals surface area contributed by atoms with Gasteiger partial charge in [0.25, 0.3) is 5.82 Å². The molecular weight excluding hydrogens is 260 g/mol. The molecular formula is C13H16N4O3. The molecule has 7 nitrogen and oxygen atoms in total. The first-order chi connectivity index (χ1) is 9.74. The van der Waals surface area contributed by atoms with Crippen LogP contribution in [0.1, 0.15) is 23.1 Å². The van der Waals surface area contributed by atoms with Gasteiger partial charge in [0.15, 0.2) is 0 Å². The lowest BCUT2D eigenvalue weighted by atomic mass is 10.1. The normalized spacial score (nSPS) is 10.3. The van der Waals surface area contributed by atoms with Gasteiger partial charge in [0.2, 0.25) is 0 Å². The van der Waals surface area contributed by atoms with Gasteiger partial charge < -0.3 is 9.47 Å². The van der Waals surface area contributed by atoms with Gasteiger partial charge in [-0.15, -0.1) is 5.10 Å². The number of ether oxygens (including phenoxy) is 2. The fraction of sp³-hybridized carbons (Fsp3) is 0.385. The van der Waals surface area contributed by atoms with E-state index in [1.807, 2.05) is 24.3 Å². The van der Waals surface area contributed by atoms with E-state index < -0.39 is 5.97 Å². The summed E-state index contributed by atoms with van der Waals surface area (Å²) in [6.07, 6.45) is 0.710. The maximum Gasteiger partial charge on any atom is 0.378 e. The van der Waals surface area contributed by atoms with Crippen LogP contribution in [-0.4, -0.2) is 39.9 Å². The third-order valence-corrected chi connectivity index (χ3v) is 2.76. The number of benzene rings is 1. The fourth-order valence-corrected chi connectivity index (χ4v) is 1.72. The number of carbonyl (C=O) groups excluding carboxylic acids is 1. The average Bonchev–Trinajstić information content (AvgIpc) is 2.94. The third-order valence-electron chi connectivity index (χ3n) is 2.76. The Morgan fingerprint density at radius 3 is 2.70 bits per heavy atom. The van der Waals surface area contributed by atoms with E-state index in [9.17, 15) is 4.79 Å². The zero-order chi connectivity index (χ0) is 14.4. The quantitative estimate of drug-likeness (QED) is 0.735. The zero-order valence-electron chi connectivity index (χ0n) is 11.4. The molecule has 0 radical (unpaired) electrons. The number of tetrazole rings is 1. The smallest absolute Gasteiger partial charge is 0.378 e. The van der Waals surface area contributed by atoms with Crippen LogP contribution < -0.4 is 4.74 Å². The number of methoxy groups -OCH3 is 1. The number of aryl methyl sites for hydroxylation is 2. The van der Waals surface area contributed by atoms with E-state index in [1.165, 1.54) is 4.68 Å². The summed E-state index contributed by atoms with van der Waals surface area (Å²) in [6, 6.07) is 7.71. The minimum absolute atomic E-state index is 0.125. The number of rotatable bonds is 6. The highest BCUT2D eigenvalue weighted by Crippen LogP contribution is 2.12. The van der Waals surface area contributed by atoms with Crippen LogP contribution in [0.15, 0.2) is 24.3 Å². The first-order valence-electron chi connectivity index (χ1n) is 6.30. The van der Waals surface area contributed by atoms with Crippen LogP contribution in [0.25, 0.3) is 0 Å². The van der Waals surface area contributed by atoms with Crippen LogP contribution in [0.3, 0.4) is 0 Å². The molecule has 2 aromatic rings. The number of esters is 1. The molecule has 0 amide bonds. The lowest BCUT2D eigenvalue weighted by Crippen LogP contribution is -2.15. The van der Waals surface area contributed by atoms with E-state index in [0.717, 1.165) is 11.3 Å². The molecule has 0 aliphatic carbocycles. The van der Waals surface area contributed by atoms with Gasteiger partial charge in [-0.3, -0.25) is 0 Å². The Balaban J connectivity index is 2.00. The predicted molar refractivity (Wildman–Crippen MR) is 70.5 cm³/mol. The topological polar surface area (TPSA) is 79.1 Å². The van der Waals surface area contributed by atoms with Crippen molar-refractivity contribution < 1.29 is 14.3 Å². The molecule has 0 saturated carbocycles. The highest BCUT2D eigenvalue weighted by molar-refractivity contribution is 5.85. The van der Waals surface area contributed by atoms with Gasteiger partial charge in [0.05, 0.1) is 13.7 Å².